The zero-order valence-electron chi connectivity index (χ0n) is 10.7. The van der Waals surface area contributed by atoms with Crippen LogP contribution >= 0.6 is 0 Å². The molecule has 1 aromatic carbocycles. The lowest BCUT2D eigenvalue weighted by Gasteiger charge is -2.06. The molecule has 0 atom stereocenters. The Kier molecular flexibility index (Phi) is 5.17. The maximum atomic E-state index is 13.4. The molecular formula is C13H18FN3O. The average molecular weight is 251 g/mol. The van der Waals surface area contributed by atoms with E-state index in [4.69, 9.17) is 10.5 Å². The van der Waals surface area contributed by atoms with Gasteiger partial charge in [0.25, 0.3) is 0 Å². The minimum absolute atomic E-state index is 0.219. The first-order valence-electron chi connectivity index (χ1n) is 5.53. The monoisotopic (exact) mass is 251 g/mol. The molecule has 0 heterocycles. The van der Waals surface area contributed by atoms with Crippen molar-refractivity contribution in [3.63, 3.8) is 0 Å². The molecule has 0 saturated heterocycles. The van der Waals surface area contributed by atoms with Crippen molar-refractivity contribution in [1.82, 2.24) is 5.32 Å². The number of ether oxygens (including phenoxy) is 1. The van der Waals surface area contributed by atoms with Gasteiger partial charge in [0.05, 0.1) is 13.7 Å². The molecule has 98 valence electrons. The minimum Gasteiger partial charge on any atom is -0.494 e. The molecule has 1 aromatic rings. The van der Waals surface area contributed by atoms with E-state index in [1.54, 1.807) is 12.1 Å². The Labute approximate surface area is 106 Å². The van der Waals surface area contributed by atoms with Crippen molar-refractivity contribution in [2.45, 2.75) is 13.5 Å². The van der Waals surface area contributed by atoms with E-state index in [1.165, 1.54) is 13.2 Å². The van der Waals surface area contributed by atoms with E-state index < -0.39 is 5.82 Å². The maximum Gasteiger partial charge on any atom is 0.189 e. The van der Waals surface area contributed by atoms with Crippen LogP contribution in [0, 0.1) is 5.82 Å². The molecule has 0 aliphatic carbocycles. The molecule has 4 nitrogen and oxygen atoms in total. The van der Waals surface area contributed by atoms with E-state index in [0.29, 0.717) is 19.0 Å². The Bertz CT molecular complexity index is 458. The topological polar surface area (TPSA) is 59.6 Å². The third-order valence-corrected chi connectivity index (χ3v) is 2.22. The first-order chi connectivity index (χ1) is 8.52. The predicted molar refractivity (Wildman–Crippen MR) is 71.1 cm³/mol. The van der Waals surface area contributed by atoms with Gasteiger partial charge in [0, 0.05) is 6.54 Å². The van der Waals surface area contributed by atoms with E-state index in [0.717, 1.165) is 11.1 Å². The van der Waals surface area contributed by atoms with Gasteiger partial charge in [-0.15, -0.1) is 0 Å². The molecule has 3 N–H and O–H groups in total. The Morgan fingerprint density at radius 3 is 2.83 bits per heavy atom. The fourth-order valence-electron chi connectivity index (χ4n) is 1.28. The summed E-state index contributed by atoms with van der Waals surface area (Å²) < 4.78 is 18.2. The largest absolute Gasteiger partial charge is 0.494 e. The number of nitrogens with two attached hydrogens (primary N) is 1. The molecule has 0 spiro atoms. The summed E-state index contributed by atoms with van der Waals surface area (Å²) in [5.74, 6) is 0.129. The summed E-state index contributed by atoms with van der Waals surface area (Å²) in [4.78, 5) is 4.10. The Balaban J connectivity index is 2.59. The van der Waals surface area contributed by atoms with Crippen molar-refractivity contribution in [2.75, 3.05) is 13.7 Å². The number of halogens is 1. The van der Waals surface area contributed by atoms with Gasteiger partial charge < -0.3 is 15.8 Å². The molecule has 0 radical (unpaired) electrons. The van der Waals surface area contributed by atoms with Crippen molar-refractivity contribution in [2.24, 2.45) is 10.7 Å². The Morgan fingerprint density at radius 2 is 2.28 bits per heavy atom. The van der Waals surface area contributed by atoms with Crippen LogP contribution in [0.1, 0.15) is 12.5 Å². The van der Waals surface area contributed by atoms with Gasteiger partial charge in [0.1, 0.15) is 0 Å². The van der Waals surface area contributed by atoms with Gasteiger partial charge in [-0.25, -0.2) is 9.38 Å². The number of nitrogens with one attached hydrogen (secondary N) is 1. The second-order valence-corrected chi connectivity index (χ2v) is 3.98. The van der Waals surface area contributed by atoms with Crippen molar-refractivity contribution < 1.29 is 9.13 Å². The lowest BCUT2D eigenvalue weighted by Crippen LogP contribution is -2.32. The Morgan fingerprint density at radius 1 is 1.56 bits per heavy atom. The van der Waals surface area contributed by atoms with Gasteiger partial charge in [0.2, 0.25) is 0 Å². The molecule has 0 aliphatic rings. The number of guanidine groups is 1. The summed E-state index contributed by atoms with van der Waals surface area (Å²) in [5, 5.41) is 2.90. The molecule has 0 bridgehead atoms. The molecule has 0 fully saturated rings. The number of rotatable bonds is 5. The molecule has 0 unspecified atom stereocenters. The number of methoxy groups -OCH3 is 1. The summed E-state index contributed by atoms with van der Waals surface area (Å²) in [5.41, 5.74) is 7.33. The molecule has 1 rings (SSSR count). The van der Waals surface area contributed by atoms with Crippen LogP contribution in [0.25, 0.3) is 0 Å². The van der Waals surface area contributed by atoms with Crippen molar-refractivity contribution in [1.29, 1.82) is 0 Å². The van der Waals surface area contributed by atoms with Crippen LogP contribution in [0.5, 0.6) is 5.75 Å². The lowest BCUT2D eigenvalue weighted by atomic mass is 10.2. The summed E-state index contributed by atoms with van der Waals surface area (Å²) in [6.07, 6.45) is 0. The van der Waals surface area contributed by atoms with Crippen LogP contribution in [0.2, 0.25) is 0 Å². The average Bonchev–Trinajstić information content (AvgIpc) is 2.34. The van der Waals surface area contributed by atoms with Crippen molar-refractivity contribution in [3.8, 4) is 5.75 Å². The van der Waals surface area contributed by atoms with E-state index >= 15 is 0 Å². The van der Waals surface area contributed by atoms with Gasteiger partial charge in [-0.2, -0.15) is 0 Å². The third kappa shape index (κ3) is 4.45. The predicted octanol–water partition coefficient (Wildman–Crippen LogP) is 1.81. The maximum absolute atomic E-state index is 13.4. The highest BCUT2D eigenvalue weighted by molar-refractivity contribution is 5.78. The van der Waals surface area contributed by atoms with E-state index in [1.807, 2.05) is 6.92 Å². The second-order valence-electron chi connectivity index (χ2n) is 3.98. The van der Waals surface area contributed by atoms with Gasteiger partial charge in [-0.05, 0) is 24.6 Å². The number of hydrogen-bond acceptors (Lipinski definition) is 2. The zero-order valence-corrected chi connectivity index (χ0v) is 10.7. The SMILES string of the molecule is C=C(C)CNC(N)=NCc1ccc(OC)c(F)c1. The van der Waals surface area contributed by atoms with Crippen LogP contribution in [-0.4, -0.2) is 19.6 Å². The number of aliphatic imine (C=N–C) groups is 1. The van der Waals surface area contributed by atoms with Crippen molar-refractivity contribution in [3.05, 3.63) is 41.7 Å². The van der Waals surface area contributed by atoms with E-state index in [-0.39, 0.29) is 5.75 Å². The molecule has 0 aromatic heterocycles. The van der Waals surface area contributed by atoms with E-state index in [9.17, 15) is 4.39 Å². The minimum atomic E-state index is -0.404. The van der Waals surface area contributed by atoms with Gasteiger partial charge in [0.15, 0.2) is 17.5 Å². The zero-order chi connectivity index (χ0) is 13.5. The normalized spacial score (nSPS) is 11.2. The molecule has 0 aliphatic heterocycles. The summed E-state index contributed by atoms with van der Waals surface area (Å²) in [7, 11) is 1.43. The van der Waals surface area contributed by atoms with Gasteiger partial charge in [-0.1, -0.05) is 18.2 Å². The van der Waals surface area contributed by atoms with Crippen LogP contribution in [0.4, 0.5) is 4.39 Å². The smallest absolute Gasteiger partial charge is 0.189 e. The van der Waals surface area contributed by atoms with Crippen LogP contribution in [0.15, 0.2) is 35.3 Å². The highest BCUT2D eigenvalue weighted by Gasteiger charge is 2.02. The van der Waals surface area contributed by atoms with Gasteiger partial charge >= 0.3 is 0 Å². The number of benzene rings is 1. The molecule has 5 heteroatoms. The molecule has 0 saturated carbocycles. The highest BCUT2D eigenvalue weighted by Crippen LogP contribution is 2.17. The highest BCUT2D eigenvalue weighted by atomic mass is 19.1. The van der Waals surface area contributed by atoms with E-state index in [2.05, 4.69) is 16.9 Å². The Hall–Kier alpha value is -2.04. The van der Waals surface area contributed by atoms with Crippen LogP contribution < -0.4 is 15.8 Å². The number of hydrogen-bond donors (Lipinski definition) is 2. The fourth-order valence-corrected chi connectivity index (χ4v) is 1.28. The fraction of sp³-hybridized carbons (Fsp3) is 0.308. The lowest BCUT2D eigenvalue weighted by molar-refractivity contribution is 0.386. The third-order valence-electron chi connectivity index (χ3n) is 2.22. The van der Waals surface area contributed by atoms with Crippen LogP contribution in [0.3, 0.4) is 0 Å². The first-order valence-corrected chi connectivity index (χ1v) is 5.53. The van der Waals surface area contributed by atoms with Crippen molar-refractivity contribution >= 4 is 5.96 Å². The quantitative estimate of drug-likeness (QED) is 0.476. The number of nitrogens with zero attached hydrogens (tertiary/aromatic N) is 1. The molecule has 18 heavy (non-hydrogen) atoms. The summed E-state index contributed by atoms with van der Waals surface area (Å²) in [6, 6.07) is 4.70. The first kappa shape index (κ1) is 14.0. The molecular weight excluding hydrogens is 233 g/mol. The standard InChI is InChI=1S/C13H18FN3O/c1-9(2)7-16-13(15)17-8-10-4-5-12(18-3)11(14)6-10/h4-6H,1,7-8H2,2-3H3,(H3,15,16,17). The van der Waals surface area contributed by atoms with Gasteiger partial charge in [-0.3, -0.25) is 0 Å². The molecule has 0 amide bonds. The van der Waals surface area contributed by atoms with Crippen LogP contribution in [-0.2, 0) is 6.54 Å². The summed E-state index contributed by atoms with van der Waals surface area (Å²) >= 11 is 0. The second kappa shape index (κ2) is 6.64. The summed E-state index contributed by atoms with van der Waals surface area (Å²) in [6.45, 7) is 6.52.